The van der Waals surface area contributed by atoms with Gasteiger partial charge in [-0.2, -0.15) is 0 Å². The molecule has 0 spiro atoms. The third-order valence-electron chi connectivity index (χ3n) is 3.81. The molecular formula is C14H21FN2. The molecule has 0 aliphatic carbocycles. The summed E-state index contributed by atoms with van der Waals surface area (Å²) in [7, 11) is 0. The van der Waals surface area contributed by atoms with Crippen molar-refractivity contribution in [2.45, 2.75) is 26.3 Å². The molecule has 1 aromatic carbocycles. The van der Waals surface area contributed by atoms with Gasteiger partial charge in [0.05, 0.1) is 0 Å². The van der Waals surface area contributed by atoms with Gasteiger partial charge in [0.15, 0.2) is 0 Å². The number of likely N-dealkylation sites (tertiary alicyclic amines) is 1. The van der Waals surface area contributed by atoms with E-state index in [0.717, 1.165) is 30.6 Å². The average molecular weight is 236 g/mol. The summed E-state index contributed by atoms with van der Waals surface area (Å²) in [6.45, 7) is 6.74. The molecular weight excluding hydrogens is 215 g/mol. The number of rotatable bonds is 3. The lowest BCUT2D eigenvalue weighted by molar-refractivity contribution is 0.236. The van der Waals surface area contributed by atoms with Crippen LogP contribution in [0.4, 0.5) is 4.39 Å². The number of halogens is 1. The zero-order chi connectivity index (χ0) is 12.4. The number of benzene rings is 1. The second kappa shape index (κ2) is 5.15. The molecule has 2 nitrogen and oxygen atoms in total. The predicted molar refractivity (Wildman–Crippen MR) is 68.3 cm³/mol. The van der Waals surface area contributed by atoms with E-state index in [1.807, 2.05) is 19.1 Å². The molecule has 0 aromatic heterocycles. The van der Waals surface area contributed by atoms with Crippen molar-refractivity contribution in [1.82, 2.24) is 4.90 Å². The fraction of sp³-hybridized carbons (Fsp3) is 0.571. The zero-order valence-electron chi connectivity index (χ0n) is 10.6. The molecule has 1 fully saturated rings. The third-order valence-corrected chi connectivity index (χ3v) is 3.81. The second-order valence-electron chi connectivity index (χ2n) is 4.88. The summed E-state index contributed by atoms with van der Waals surface area (Å²) < 4.78 is 14.0. The van der Waals surface area contributed by atoms with Gasteiger partial charge in [-0.1, -0.05) is 24.6 Å². The molecule has 1 heterocycles. The van der Waals surface area contributed by atoms with Gasteiger partial charge in [-0.3, -0.25) is 4.90 Å². The Labute approximate surface area is 103 Å². The van der Waals surface area contributed by atoms with Crippen molar-refractivity contribution in [3.8, 4) is 0 Å². The van der Waals surface area contributed by atoms with E-state index in [1.165, 1.54) is 0 Å². The minimum atomic E-state index is -0.0978. The molecule has 1 saturated heterocycles. The van der Waals surface area contributed by atoms with Gasteiger partial charge in [0.1, 0.15) is 5.82 Å². The number of nitrogens with zero attached hydrogens (tertiary/aromatic N) is 1. The van der Waals surface area contributed by atoms with Crippen molar-refractivity contribution in [2.75, 3.05) is 19.6 Å². The molecule has 2 rings (SSSR count). The summed E-state index contributed by atoms with van der Waals surface area (Å²) >= 11 is 0. The van der Waals surface area contributed by atoms with Crippen LogP contribution in [0.25, 0.3) is 0 Å². The van der Waals surface area contributed by atoms with Crippen LogP contribution in [0.2, 0.25) is 0 Å². The lowest BCUT2D eigenvalue weighted by Crippen LogP contribution is -2.28. The maximum atomic E-state index is 14.0. The Hall–Kier alpha value is -0.930. The maximum Gasteiger partial charge on any atom is 0.128 e. The lowest BCUT2D eigenvalue weighted by atomic mass is 9.92. The molecule has 0 saturated carbocycles. The molecule has 94 valence electrons. The summed E-state index contributed by atoms with van der Waals surface area (Å²) in [6.07, 6.45) is 1.07. The van der Waals surface area contributed by atoms with Gasteiger partial charge in [0, 0.05) is 11.6 Å². The molecule has 0 radical (unpaired) electrons. The zero-order valence-corrected chi connectivity index (χ0v) is 10.6. The SMILES string of the molecule is CCN1CCC(CN)C1c1cc(C)ccc1F. The van der Waals surface area contributed by atoms with Crippen molar-refractivity contribution < 1.29 is 4.39 Å². The van der Waals surface area contributed by atoms with Crippen LogP contribution in [0.5, 0.6) is 0 Å². The van der Waals surface area contributed by atoms with Crippen molar-refractivity contribution in [3.63, 3.8) is 0 Å². The molecule has 2 N–H and O–H groups in total. The Bertz CT molecular complexity index is 380. The first-order chi connectivity index (χ1) is 8.17. The molecule has 0 amide bonds. The second-order valence-corrected chi connectivity index (χ2v) is 4.88. The molecule has 2 unspecified atom stereocenters. The average Bonchev–Trinajstić information content (AvgIpc) is 2.74. The third kappa shape index (κ3) is 2.35. The molecule has 17 heavy (non-hydrogen) atoms. The Kier molecular flexibility index (Phi) is 3.79. The predicted octanol–water partition coefficient (Wildman–Crippen LogP) is 2.48. The van der Waals surface area contributed by atoms with Gasteiger partial charge >= 0.3 is 0 Å². The van der Waals surface area contributed by atoms with Crippen molar-refractivity contribution in [2.24, 2.45) is 11.7 Å². The highest BCUT2D eigenvalue weighted by Crippen LogP contribution is 2.37. The van der Waals surface area contributed by atoms with Crippen molar-refractivity contribution in [3.05, 3.63) is 35.1 Å². The molecule has 2 atom stereocenters. The lowest BCUT2D eigenvalue weighted by Gasteiger charge is -2.27. The van der Waals surface area contributed by atoms with Crippen LogP contribution >= 0.6 is 0 Å². The summed E-state index contributed by atoms with van der Waals surface area (Å²) in [5.74, 6) is 0.283. The molecule has 1 aromatic rings. The molecule has 1 aliphatic heterocycles. The highest BCUT2D eigenvalue weighted by molar-refractivity contribution is 5.28. The van der Waals surface area contributed by atoms with Crippen LogP contribution in [-0.2, 0) is 0 Å². The molecule has 0 bridgehead atoms. The summed E-state index contributed by atoms with van der Waals surface area (Å²) in [5, 5.41) is 0. The van der Waals surface area contributed by atoms with Gasteiger partial charge in [-0.05, 0) is 45.0 Å². The first kappa shape index (κ1) is 12.5. The first-order valence-corrected chi connectivity index (χ1v) is 6.37. The van der Waals surface area contributed by atoms with Crippen LogP contribution < -0.4 is 5.73 Å². The molecule has 1 aliphatic rings. The normalized spacial score (nSPS) is 25.4. The van der Waals surface area contributed by atoms with Crippen LogP contribution in [0.15, 0.2) is 18.2 Å². The van der Waals surface area contributed by atoms with E-state index < -0.39 is 0 Å². The Morgan fingerprint density at radius 2 is 2.24 bits per heavy atom. The topological polar surface area (TPSA) is 29.3 Å². The minimum Gasteiger partial charge on any atom is -0.330 e. The standard InChI is InChI=1S/C14H21FN2/c1-3-17-7-6-11(9-16)14(17)12-8-10(2)4-5-13(12)15/h4-5,8,11,14H,3,6-7,9,16H2,1-2H3. The van der Waals surface area contributed by atoms with Crippen LogP contribution in [0, 0.1) is 18.7 Å². The van der Waals surface area contributed by atoms with Crippen LogP contribution in [0.1, 0.15) is 30.5 Å². The monoisotopic (exact) mass is 236 g/mol. The van der Waals surface area contributed by atoms with Crippen molar-refractivity contribution >= 4 is 0 Å². The van der Waals surface area contributed by atoms with Crippen LogP contribution in [-0.4, -0.2) is 24.5 Å². The highest BCUT2D eigenvalue weighted by Gasteiger charge is 2.34. The van der Waals surface area contributed by atoms with E-state index in [2.05, 4.69) is 11.8 Å². The fourth-order valence-electron chi connectivity index (χ4n) is 2.87. The fourth-order valence-corrected chi connectivity index (χ4v) is 2.87. The van der Waals surface area contributed by atoms with Gasteiger partial charge in [0.2, 0.25) is 0 Å². The molecule has 3 heteroatoms. The first-order valence-electron chi connectivity index (χ1n) is 6.37. The highest BCUT2D eigenvalue weighted by atomic mass is 19.1. The quantitative estimate of drug-likeness (QED) is 0.873. The number of nitrogens with two attached hydrogens (primary N) is 1. The van der Waals surface area contributed by atoms with E-state index in [1.54, 1.807) is 6.07 Å². The van der Waals surface area contributed by atoms with Gasteiger partial charge in [0.25, 0.3) is 0 Å². The van der Waals surface area contributed by atoms with E-state index >= 15 is 0 Å². The number of aryl methyl sites for hydroxylation is 1. The van der Waals surface area contributed by atoms with Gasteiger partial charge < -0.3 is 5.73 Å². The van der Waals surface area contributed by atoms with E-state index in [-0.39, 0.29) is 11.9 Å². The number of hydrogen-bond donors (Lipinski definition) is 1. The largest absolute Gasteiger partial charge is 0.330 e. The van der Waals surface area contributed by atoms with Gasteiger partial charge in [-0.15, -0.1) is 0 Å². The Morgan fingerprint density at radius 3 is 2.88 bits per heavy atom. The van der Waals surface area contributed by atoms with E-state index in [9.17, 15) is 4.39 Å². The van der Waals surface area contributed by atoms with Crippen LogP contribution in [0.3, 0.4) is 0 Å². The Morgan fingerprint density at radius 1 is 1.47 bits per heavy atom. The minimum absolute atomic E-state index is 0.0978. The van der Waals surface area contributed by atoms with Gasteiger partial charge in [-0.25, -0.2) is 4.39 Å². The Balaban J connectivity index is 2.37. The summed E-state index contributed by atoms with van der Waals surface area (Å²) in [5.41, 5.74) is 7.75. The smallest absolute Gasteiger partial charge is 0.128 e. The van der Waals surface area contributed by atoms with Crippen molar-refractivity contribution in [1.29, 1.82) is 0 Å². The number of hydrogen-bond acceptors (Lipinski definition) is 2. The summed E-state index contributed by atoms with van der Waals surface area (Å²) in [6, 6.07) is 5.52. The van der Waals surface area contributed by atoms with E-state index in [0.29, 0.717) is 12.5 Å². The summed E-state index contributed by atoms with van der Waals surface area (Å²) in [4.78, 5) is 2.33. The maximum absolute atomic E-state index is 14.0. The van der Waals surface area contributed by atoms with E-state index in [4.69, 9.17) is 5.73 Å².